The smallest absolute Gasteiger partial charge is 0.389 e. The molecule has 1 atom stereocenters. The predicted molar refractivity (Wildman–Crippen MR) is 68.6 cm³/mol. The Morgan fingerprint density at radius 1 is 1.35 bits per heavy atom. The summed E-state index contributed by atoms with van der Waals surface area (Å²) in [6.07, 6.45) is -5.32. The zero-order valence-corrected chi connectivity index (χ0v) is 11.5. The molecule has 0 saturated carbocycles. The third-order valence-corrected chi connectivity index (χ3v) is 2.85. The van der Waals surface area contributed by atoms with Gasteiger partial charge in [-0.05, 0) is 24.1 Å². The van der Waals surface area contributed by atoms with E-state index in [9.17, 15) is 13.2 Å². The first-order valence-electron chi connectivity index (χ1n) is 5.70. The summed E-state index contributed by atoms with van der Waals surface area (Å²) in [4.78, 5) is 0. The van der Waals surface area contributed by atoms with Crippen molar-refractivity contribution in [1.29, 1.82) is 0 Å². The van der Waals surface area contributed by atoms with Crippen molar-refractivity contribution >= 4 is 12.4 Å². The molecule has 1 aliphatic heterocycles. The van der Waals surface area contributed by atoms with Gasteiger partial charge in [-0.25, -0.2) is 0 Å². The second-order valence-electron chi connectivity index (χ2n) is 4.22. The van der Waals surface area contributed by atoms with Gasteiger partial charge in [-0.2, -0.15) is 13.2 Å². The third-order valence-electron chi connectivity index (χ3n) is 2.85. The van der Waals surface area contributed by atoms with E-state index in [1.54, 1.807) is 12.1 Å². The first-order chi connectivity index (χ1) is 8.90. The molecule has 0 saturated heterocycles. The van der Waals surface area contributed by atoms with Crippen LogP contribution in [0.2, 0.25) is 0 Å². The van der Waals surface area contributed by atoms with Gasteiger partial charge in [-0.3, -0.25) is 0 Å². The number of hydrogen-bond acceptors (Lipinski definition) is 4. The van der Waals surface area contributed by atoms with E-state index in [2.05, 4.69) is 0 Å². The second-order valence-corrected chi connectivity index (χ2v) is 4.22. The number of benzene rings is 1. The van der Waals surface area contributed by atoms with Crippen molar-refractivity contribution in [1.82, 2.24) is 0 Å². The molecule has 0 aliphatic carbocycles. The Bertz CT molecular complexity index is 468. The Labute approximate surface area is 120 Å². The zero-order valence-electron chi connectivity index (χ0n) is 10.7. The Balaban J connectivity index is 0.00000200. The number of hydrogen-bond donors (Lipinski definition) is 1. The molecule has 0 fully saturated rings. The number of ether oxygens (including phenoxy) is 3. The molecular weight excluding hydrogens is 299 g/mol. The number of fused-ring (bicyclic) bond motifs is 1. The molecule has 0 unspecified atom stereocenters. The van der Waals surface area contributed by atoms with E-state index in [1.807, 2.05) is 0 Å². The molecule has 0 radical (unpaired) electrons. The third kappa shape index (κ3) is 3.83. The van der Waals surface area contributed by atoms with Crippen molar-refractivity contribution in [2.45, 2.75) is 25.1 Å². The average molecular weight is 314 g/mol. The molecule has 114 valence electrons. The molecular formula is C12H15ClF3NO3. The summed E-state index contributed by atoms with van der Waals surface area (Å²) in [6.45, 7) is 0.0624. The van der Waals surface area contributed by atoms with Crippen LogP contribution in [0, 0.1) is 0 Å². The Morgan fingerprint density at radius 2 is 2.05 bits per heavy atom. The van der Waals surface area contributed by atoms with Crippen LogP contribution in [0.5, 0.6) is 17.2 Å². The maximum Gasteiger partial charge on any atom is 0.389 e. The van der Waals surface area contributed by atoms with E-state index in [1.165, 1.54) is 7.11 Å². The molecule has 1 aliphatic rings. The monoisotopic (exact) mass is 313 g/mol. The van der Waals surface area contributed by atoms with E-state index in [4.69, 9.17) is 19.9 Å². The van der Waals surface area contributed by atoms with Crippen molar-refractivity contribution in [2.75, 3.05) is 13.9 Å². The summed E-state index contributed by atoms with van der Waals surface area (Å²) < 4.78 is 52.0. The van der Waals surface area contributed by atoms with Crippen LogP contribution >= 0.6 is 12.4 Å². The van der Waals surface area contributed by atoms with E-state index in [0.29, 0.717) is 22.8 Å². The van der Waals surface area contributed by atoms with Gasteiger partial charge in [-0.1, -0.05) is 0 Å². The molecule has 0 bridgehead atoms. The molecule has 0 spiro atoms. The highest BCUT2D eigenvalue weighted by Gasteiger charge is 2.29. The minimum atomic E-state index is -4.21. The molecule has 2 N–H and O–H groups in total. The molecule has 4 nitrogen and oxygen atoms in total. The molecule has 8 heteroatoms. The largest absolute Gasteiger partial charge is 0.493 e. The maximum atomic E-state index is 12.2. The maximum absolute atomic E-state index is 12.2. The fourth-order valence-corrected chi connectivity index (χ4v) is 1.85. The highest BCUT2D eigenvalue weighted by atomic mass is 35.5. The summed E-state index contributed by atoms with van der Waals surface area (Å²) in [5.74, 6) is 1.30. The number of halogens is 4. The van der Waals surface area contributed by atoms with Gasteiger partial charge < -0.3 is 19.9 Å². The van der Waals surface area contributed by atoms with Crippen LogP contribution in [0.15, 0.2) is 12.1 Å². The number of alkyl halides is 3. The van der Waals surface area contributed by atoms with Gasteiger partial charge in [-0.15, -0.1) is 12.4 Å². The summed E-state index contributed by atoms with van der Waals surface area (Å²) in [6, 6.07) is 2.44. The van der Waals surface area contributed by atoms with Gasteiger partial charge in [0.25, 0.3) is 0 Å². The summed E-state index contributed by atoms with van der Waals surface area (Å²) in [7, 11) is 1.45. The van der Waals surface area contributed by atoms with Crippen LogP contribution in [0.25, 0.3) is 0 Å². The van der Waals surface area contributed by atoms with Crippen molar-refractivity contribution < 1.29 is 27.4 Å². The highest BCUT2D eigenvalue weighted by molar-refractivity contribution is 5.85. The van der Waals surface area contributed by atoms with Gasteiger partial charge in [0.05, 0.1) is 7.11 Å². The number of nitrogens with two attached hydrogens (primary N) is 1. The van der Waals surface area contributed by atoms with Crippen molar-refractivity contribution in [2.24, 2.45) is 5.73 Å². The van der Waals surface area contributed by atoms with Gasteiger partial charge in [0.15, 0.2) is 11.5 Å². The number of rotatable bonds is 4. The van der Waals surface area contributed by atoms with Crippen LogP contribution in [0.3, 0.4) is 0 Å². The molecule has 2 rings (SSSR count). The van der Waals surface area contributed by atoms with E-state index in [0.717, 1.165) is 0 Å². The topological polar surface area (TPSA) is 53.7 Å². The molecule has 1 aromatic carbocycles. The molecule has 20 heavy (non-hydrogen) atoms. The van der Waals surface area contributed by atoms with Gasteiger partial charge in [0, 0.05) is 12.5 Å². The molecule has 1 aromatic rings. The minimum Gasteiger partial charge on any atom is -0.493 e. The number of methoxy groups -OCH3 is 1. The van der Waals surface area contributed by atoms with Gasteiger partial charge >= 0.3 is 6.18 Å². The first-order valence-corrected chi connectivity index (χ1v) is 5.70. The van der Waals surface area contributed by atoms with E-state index >= 15 is 0 Å². The van der Waals surface area contributed by atoms with Crippen molar-refractivity contribution in [3.63, 3.8) is 0 Å². The molecule has 1 heterocycles. The van der Waals surface area contributed by atoms with Gasteiger partial charge in [0.2, 0.25) is 12.5 Å². The standard InChI is InChI=1S/C12H14F3NO3.ClH/c1-17-9-4-7(5-10-11(9)19-6-18-10)8(16)2-3-12(13,14)15;/h4-5,8H,2-3,6,16H2,1H3;1H/t8-;/m1./s1. The van der Waals surface area contributed by atoms with Crippen molar-refractivity contribution in [3.8, 4) is 17.2 Å². The van der Waals surface area contributed by atoms with Crippen molar-refractivity contribution in [3.05, 3.63) is 17.7 Å². The lowest BCUT2D eigenvalue weighted by Crippen LogP contribution is -2.15. The minimum absolute atomic E-state index is 0. The summed E-state index contributed by atoms with van der Waals surface area (Å²) in [5, 5.41) is 0. The average Bonchev–Trinajstić information content (AvgIpc) is 2.81. The first kappa shape index (κ1) is 16.7. The Kier molecular flexibility index (Phi) is 5.35. The lowest BCUT2D eigenvalue weighted by molar-refractivity contribution is -0.136. The molecule has 0 aromatic heterocycles. The fraction of sp³-hybridized carbons (Fsp3) is 0.500. The molecule has 0 amide bonds. The quantitative estimate of drug-likeness (QED) is 0.927. The Morgan fingerprint density at radius 3 is 2.65 bits per heavy atom. The SMILES string of the molecule is COc1cc([C@H](N)CCC(F)(F)F)cc2c1OCO2.Cl. The Hall–Kier alpha value is -1.34. The normalized spacial score (nSPS) is 14.7. The zero-order chi connectivity index (χ0) is 14.0. The summed E-state index contributed by atoms with van der Waals surface area (Å²) >= 11 is 0. The van der Waals surface area contributed by atoms with E-state index < -0.39 is 18.6 Å². The van der Waals surface area contributed by atoms with Crippen LogP contribution in [-0.4, -0.2) is 20.1 Å². The highest BCUT2D eigenvalue weighted by Crippen LogP contribution is 2.43. The van der Waals surface area contributed by atoms with Crippen LogP contribution in [-0.2, 0) is 0 Å². The van der Waals surface area contributed by atoms with Crippen LogP contribution < -0.4 is 19.9 Å². The predicted octanol–water partition coefficient (Wildman–Crippen LogP) is 3.19. The lowest BCUT2D eigenvalue weighted by Gasteiger charge is -2.15. The lowest BCUT2D eigenvalue weighted by atomic mass is 10.0. The van der Waals surface area contributed by atoms with Crippen LogP contribution in [0.1, 0.15) is 24.4 Å². The van der Waals surface area contributed by atoms with Crippen LogP contribution in [0.4, 0.5) is 13.2 Å². The fourth-order valence-electron chi connectivity index (χ4n) is 1.85. The van der Waals surface area contributed by atoms with Gasteiger partial charge in [0.1, 0.15) is 0 Å². The summed E-state index contributed by atoms with van der Waals surface area (Å²) in [5.41, 5.74) is 6.30. The van der Waals surface area contributed by atoms with E-state index in [-0.39, 0.29) is 25.6 Å². The second kappa shape index (κ2) is 6.41.